The van der Waals surface area contributed by atoms with E-state index in [-0.39, 0.29) is 0 Å². The van der Waals surface area contributed by atoms with Gasteiger partial charge in [-0.3, -0.25) is 0 Å². The molecule has 0 spiro atoms. The van der Waals surface area contributed by atoms with E-state index in [4.69, 9.17) is 4.74 Å². The minimum atomic E-state index is 0.569. The van der Waals surface area contributed by atoms with Gasteiger partial charge in [-0.1, -0.05) is 27.2 Å². The molecule has 16 heavy (non-hydrogen) atoms. The van der Waals surface area contributed by atoms with Crippen LogP contribution in [0.2, 0.25) is 0 Å². The monoisotopic (exact) mass is 227 g/mol. The van der Waals surface area contributed by atoms with Crippen LogP contribution >= 0.6 is 0 Å². The van der Waals surface area contributed by atoms with Gasteiger partial charge in [0.05, 0.1) is 6.10 Å². The Hall–Kier alpha value is -0.0800. The smallest absolute Gasteiger partial charge is 0.0576 e. The molecule has 1 aliphatic rings. The van der Waals surface area contributed by atoms with Crippen LogP contribution < -0.4 is 5.32 Å². The van der Waals surface area contributed by atoms with Crippen LogP contribution in [0.3, 0.4) is 0 Å². The van der Waals surface area contributed by atoms with E-state index in [1.807, 2.05) is 0 Å². The molecule has 0 aromatic carbocycles. The highest BCUT2D eigenvalue weighted by Gasteiger charge is 2.18. The lowest BCUT2D eigenvalue weighted by atomic mass is 9.93. The fourth-order valence-corrected chi connectivity index (χ4v) is 2.57. The summed E-state index contributed by atoms with van der Waals surface area (Å²) in [4.78, 5) is 0. The second-order valence-electron chi connectivity index (χ2n) is 5.12. The van der Waals surface area contributed by atoms with Gasteiger partial charge in [-0.15, -0.1) is 0 Å². The molecule has 0 amide bonds. The Kier molecular flexibility index (Phi) is 7.06. The van der Waals surface area contributed by atoms with Crippen molar-refractivity contribution in [1.29, 1.82) is 0 Å². The summed E-state index contributed by atoms with van der Waals surface area (Å²) in [7, 11) is 0. The summed E-state index contributed by atoms with van der Waals surface area (Å²) < 4.78 is 5.66. The second-order valence-corrected chi connectivity index (χ2v) is 5.12. The highest BCUT2D eigenvalue weighted by molar-refractivity contribution is 4.73. The van der Waals surface area contributed by atoms with Gasteiger partial charge in [-0.05, 0) is 44.6 Å². The van der Waals surface area contributed by atoms with Crippen molar-refractivity contribution < 1.29 is 4.74 Å². The van der Waals surface area contributed by atoms with Crippen LogP contribution in [-0.4, -0.2) is 25.3 Å². The quantitative estimate of drug-likeness (QED) is 0.686. The number of nitrogens with one attached hydrogen (secondary N) is 1. The van der Waals surface area contributed by atoms with E-state index in [0.717, 1.165) is 19.1 Å². The first-order chi connectivity index (χ1) is 7.77. The molecule has 0 bridgehead atoms. The second kappa shape index (κ2) is 8.08. The molecular weight excluding hydrogens is 198 g/mol. The summed E-state index contributed by atoms with van der Waals surface area (Å²) in [6.07, 6.45) is 8.28. The molecule has 0 aromatic heterocycles. The van der Waals surface area contributed by atoms with Gasteiger partial charge in [0, 0.05) is 12.6 Å². The minimum absolute atomic E-state index is 0.569. The van der Waals surface area contributed by atoms with Crippen molar-refractivity contribution >= 4 is 0 Å². The summed E-state index contributed by atoms with van der Waals surface area (Å²) in [5.74, 6) is 0.796. The Labute approximate surface area is 101 Å². The minimum Gasteiger partial charge on any atom is -0.378 e. The van der Waals surface area contributed by atoms with E-state index in [2.05, 4.69) is 26.1 Å². The van der Waals surface area contributed by atoms with Crippen LogP contribution in [0, 0.1) is 5.92 Å². The molecule has 1 N–H and O–H groups in total. The molecule has 0 radical (unpaired) electrons. The zero-order valence-corrected chi connectivity index (χ0v) is 11.3. The fraction of sp³-hybridized carbons (Fsp3) is 1.00. The molecule has 0 aromatic rings. The predicted octanol–water partition coefficient (Wildman–Crippen LogP) is 3.36. The van der Waals surface area contributed by atoms with Gasteiger partial charge in [0.2, 0.25) is 0 Å². The largest absolute Gasteiger partial charge is 0.378 e. The summed E-state index contributed by atoms with van der Waals surface area (Å²) in [6.45, 7) is 8.94. The summed E-state index contributed by atoms with van der Waals surface area (Å²) in [6, 6.07) is 0.705. The van der Waals surface area contributed by atoms with Crippen molar-refractivity contribution in [3.8, 4) is 0 Å². The lowest BCUT2D eigenvalue weighted by molar-refractivity contribution is 0.100. The third-order valence-electron chi connectivity index (χ3n) is 3.86. The Bertz CT molecular complexity index is 166. The molecule has 1 fully saturated rings. The van der Waals surface area contributed by atoms with Crippen LogP contribution in [0.1, 0.15) is 59.3 Å². The van der Waals surface area contributed by atoms with Crippen molar-refractivity contribution in [3.63, 3.8) is 0 Å². The lowest BCUT2D eigenvalue weighted by Crippen LogP contribution is -2.34. The number of hydrogen-bond donors (Lipinski definition) is 1. The molecule has 3 atom stereocenters. The molecule has 1 heterocycles. The zero-order chi connectivity index (χ0) is 11.8. The van der Waals surface area contributed by atoms with E-state index < -0.39 is 0 Å². The highest BCUT2D eigenvalue weighted by atomic mass is 16.5. The van der Waals surface area contributed by atoms with E-state index in [0.29, 0.717) is 12.1 Å². The summed E-state index contributed by atoms with van der Waals surface area (Å²) in [5.41, 5.74) is 0. The van der Waals surface area contributed by atoms with Crippen LogP contribution in [0.4, 0.5) is 0 Å². The molecular formula is C14H29NO. The Morgan fingerprint density at radius 3 is 2.75 bits per heavy atom. The Morgan fingerprint density at radius 1 is 1.38 bits per heavy atom. The predicted molar refractivity (Wildman–Crippen MR) is 69.7 cm³/mol. The van der Waals surface area contributed by atoms with Gasteiger partial charge in [-0.25, -0.2) is 0 Å². The molecule has 1 rings (SSSR count). The molecule has 1 saturated heterocycles. The number of ether oxygens (including phenoxy) is 1. The van der Waals surface area contributed by atoms with Crippen molar-refractivity contribution in [1.82, 2.24) is 5.32 Å². The maximum absolute atomic E-state index is 5.66. The Balaban J connectivity index is 2.15. The van der Waals surface area contributed by atoms with Gasteiger partial charge in [0.15, 0.2) is 0 Å². The first-order valence-corrected chi connectivity index (χ1v) is 7.12. The maximum atomic E-state index is 5.66. The van der Waals surface area contributed by atoms with Crippen LogP contribution in [-0.2, 0) is 4.74 Å². The highest BCUT2D eigenvalue weighted by Crippen LogP contribution is 2.20. The first kappa shape index (κ1) is 14.0. The van der Waals surface area contributed by atoms with Crippen LogP contribution in [0.25, 0.3) is 0 Å². The van der Waals surface area contributed by atoms with Crippen molar-refractivity contribution in [3.05, 3.63) is 0 Å². The number of rotatable bonds is 8. The van der Waals surface area contributed by atoms with Crippen molar-refractivity contribution in [2.45, 2.75) is 71.4 Å². The molecule has 3 unspecified atom stereocenters. The molecule has 96 valence electrons. The first-order valence-electron chi connectivity index (χ1n) is 7.12. The molecule has 2 heteroatoms. The number of hydrogen-bond acceptors (Lipinski definition) is 2. The molecule has 0 saturated carbocycles. The van der Waals surface area contributed by atoms with Gasteiger partial charge in [-0.2, -0.15) is 0 Å². The topological polar surface area (TPSA) is 21.3 Å². The molecule has 2 nitrogen and oxygen atoms in total. The normalized spacial score (nSPS) is 24.6. The van der Waals surface area contributed by atoms with Gasteiger partial charge in [0.25, 0.3) is 0 Å². The summed E-state index contributed by atoms with van der Waals surface area (Å²) >= 11 is 0. The molecule has 1 aliphatic heterocycles. The lowest BCUT2D eigenvalue weighted by Gasteiger charge is -2.24. The fourth-order valence-electron chi connectivity index (χ4n) is 2.57. The Morgan fingerprint density at radius 2 is 2.19 bits per heavy atom. The van der Waals surface area contributed by atoms with Crippen molar-refractivity contribution in [2.75, 3.05) is 13.2 Å². The third kappa shape index (κ3) is 4.84. The van der Waals surface area contributed by atoms with Crippen LogP contribution in [0.15, 0.2) is 0 Å². The van der Waals surface area contributed by atoms with Crippen LogP contribution in [0.5, 0.6) is 0 Å². The van der Waals surface area contributed by atoms with E-state index in [1.165, 1.54) is 38.5 Å². The van der Waals surface area contributed by atoms with E-state index in [9.17, 15) is 0 Å². The van der Waals surface area contributed by atoms with E-state index in [1.54, 1.807) is 0 Å². The zero-order valence-electron chi connectivity index (χ0n) is 11.3. The standard InChI is InChI=1S/C14H29NO/c1-4-12(3)14(15-5-2)10-6-8-13-9-7-11-16-13/h12-15H,4-11H2,1-3H3. The molecule has 0 aliphatic carbocycles. The maximum Gasteiger partial charge on any atom is 0.0576 e. The van der Waals surface area contributed by atoms with Gasteiger partial charge < -0.3 is 10.1 Å². The average molecular weight is 227 g/mol. The summed E-state index contributed by atoms with van der Waals surface area (Å²) in [5, 5.41) is 3.62. The SMILES string of the molecule is CCNC(CCCC1CCCO1)C(C)CC. The van der Waals surface area contributed by atoms with Gasteiger partial charge >= 0.3 is 0 Å². The van der Waals surface area contributed by atoms with Gasteiger partial charge in [0.1, 0.15) is 0 Å². The van der Waals surface area contributed by atoms with Crippen molar-refractivity contribution in [2.24, 2.45) is 5.92 Å². The third-order valence-corrected chi connectivity index (χ3v) is 3.86. The van der Waals surface area contributed by atoms with E-state index >= 15 is 0 Å². The average Bonchev–Trinajstić information content (AvgIpc) is 2.80.